The molecule has 0 saturated heterocycles. The monoisotopic (exact) mass is 481 g/mol. The lowest BCUT2D eigenvalue weighted by Crippen LogP contribution is -2.58. The van der Waals surface area contributed by atoms with Gasteiger partial charge in [0, 0.05) is 6.42 Å². The van der Waals surface area contributed by atoms with E-state index in [9.17, 15) is 28.8 Å². The lowest BCUT2D eigenvalue weighted by Gasteiger charge is -2.24. The van der Waals surface area contributed by atoms with E-state index in [-0.39, 0.29) is 6.42 Å². The molecule has 0 saturated carbocycles. The molecule has 0 spiro atoms. The third-order valence-electron chi connectivity index (χ3n) is 4.48. The van der Waals surface area contributed by atoms with Crippen LogP contribution in [0.1, 0.15) is 18.4 Å². The number of aliphatic hydroxyl groups excluding tert-OH is 1. The molecule has 4 unspecified atom stereocenters. The summed E-state index contributed by atoms with van der Waals surface area (Å²) in [5.41, 5.74) is 11.1. The second kappa shape index (κ2) is 13.5. The third kappa shape index (κ3) is 9.62. The fourth-order valence-corrected chi connectivity index (χ4v) is 2.76. The number of carbonyl (C=O) groups excluding carboxylic acids is 4. The van der Waals surface area contributed by atoms with Crippen LogP contribution in [0.4, 0.5) is 0 Å². The maximum atomic E-state index is 12.8. The standard InChI is InChI=1S/C20H27N5O9/c21-11(7-15(22)27)17(30)23-13(8-16(28)29)19(32)24-12(6-10-4-2-1-3-5-10)18(31)25-14(9-26)20(33)34/h1-5,11-14,26H,6-9,21H2,(H2,22,27)(H,23,30)(H,24,32)(H,25,31)(H,28,29)(H,33,34). The number of aliphatic hydroxyl groups is 1. The Balaban J connectivity index is 3.09. The molecule has 10 N–H and O–H groups in total. The average Bonchev–Trinajstić information content (AvgIpc) is 2.75. The quantitative estimate of drug-likeness (QED) is 0.130. The molecule has 0 aliphatic carbocycles. The summed E-state index contributed by atoms with van der Waals surface area (Å²) in [7, 11) is 0. The molecule has 14 heteroatoms. The molecule has 0 aliphatic rings. The Morgan fingerprint density at radius 3 is 1.82 bits per heavy atom. The summed E-state index contributed by atoms with van der Waals surface area (Å²) in [4.78, 5) is 70.9. The second-order valence-electron chi connectivity index (χ2n) is 7.27. The van der Waals surface area contributed by atoms with E-state index < -0.39 is 79.2 Å². The first kappa shape index (κ1) is 28.0. The number of carbonyl (C=O) groups is 6. The van der Waals surface area contributed by atoms with E-state index >= 15 is 0 Å². The van der Waals surface area contributed by atoms with Gasteiger partial charge in [-0.1, -0.05) is 30.3 Å². The van der Waals surface area contributed by atoms with E-state index in [1.54, 1.807) is 30.3 Å². The van der Waals surface area contributed by atoms with Crippen molar-refractivity contribution in [1.82, 2.24) is 16.0 Å². The number of hydrogen-bond donors (Lipinski definition) is 8. The van der Waals surface area contributed by atoms with Gasteiger partial charge in [-0.3, -0.25) is 24.0 Å². The van der Waals surface area contributed by atoms with Crippen molar-refractivity contribution in [2.24, 2.45) is 11.5 Å². The summed E-state index contributed by atoms with van der Waals surface area (Å²) in [6.07, 6.45) is -1.55. The van der Waals surface area contributed by atoms with Crippen LogP contribution >= 0.6 is 0 Å². The molecule has 0 fully saturated rings. The van der Waals surface area contributed by atoms with E-state index in [4.69, 9.17) is 26.8 Å². The zero-order valence-electron chi connectivity index (χ0n) is 18.0. The smallest absolute Gasteiger partial charge is 0.328 e. The minimum atomic E-state index is -1.68. The van der Waals surface area contributed by atoms with Crippen LogP contribution in [0.2, 0.25) is 0 Å². The van der Waals surface area contributed by atoms with Gasteiger partial charge in [-0.05, 0) is 5.56 Å². The summed E-state index contributed by atoms with van der Waals surface area (Å²) >= 11 is 0. The van der Waals surface area contributed by atoms with Gasteiger partial charge in [0.1, 0.15) is 18.1 Å². The molecular weight excluding hydrogens is 454 g/mol. The molecule has 4 atom stereocenters. The van der Waals surface area contributed by atoms with E-state index in [1.165, 1.54) is 0 Å². The number of amides is 4. The maximum Gasteiger partial charge on any atom is 0.328 e. The molecule has 0 aliphatic heterocycles. The maximum absolute atomic E-state index is 12.8. The fourth-order valence-electron chi connectivity index (χ4n) is 2.76. The summed E-state index contributed by atoms with van der Waals surface area (Å²) in [6.45, 7) is -0.914. The number of nitrogens with one attached hydrogen (secondary N) is 3. The van der Waals surface area contributed by atoms with Crippen molar-refractivity contribution in [2.45, 2.75) is 43.4 Å². The molecule has 0 aromatic heterocycles. The number of carboxylic acid groups (broad SMARTS) is 2. The van der Waals surface area contributed by atoms with Gasteiger partial charge in [0.15, 0.2) is 0 Å². The minimum absolute atomic E-state index is 0.120. The lowest BCUT2D eigenvalue weighted by molar-refractivity contribution is -0.144. The lowest BCUT2D eigenvalue weighted by atomic mass is 10.0. The predicted molar refractivity (Wildman–Crippen MR) is 115 cm³/mol. The average molecular weight is 481 g/mol. The fraction of sp³-hybridized carbons (Fsp3) is 0.400. The Bertz CT molecular complexity index is 909. The van der Waals surface area contributed by atoms with Gasteiger partial charge < -0.3 is 42.7 Å². The van der Waals surface area contributed by atoms with Gasteiger partial charge >= 0.3 is 11.9 Å². The van der Waals surface area contributed by atoms with E-state index in [2.05, 4.69) is 16.0 Å². The zero-order chi connectivity index (χ0) is 25.8. The first-order valence-corrected chi connectivity index (χ1v) is 9.99. The summed E-state index contributed by atoms with van der Waals surface area (Å²) in [6, 6.07) is 2.13. The first-order chi connectivity index (χ1) is 15.9. The number of primary amides is 1. The van der Waals surface area contributed by atoms with Gasteiger partial charge in [-0.15, -0.1) is 0 Å². The molecule has 0 radical (unpaired) electrons. The highest BCUT2D eigenvalue weighted by Gasteiger charge is 2.31. The van der Waals surface area contributed by atoms with Gasteiger partial charge in [-0.25, -0.2) is 4.79 Å². The molecule has 1 aromatic carbocycles. The molecule has 0 bridgehead atoms. The largest absolute Gasteiger partial charge is 0.481 e. The number of carboxylic acids is 2. The third-order valence-corrected chi connectivity index (χ3v) is 4.48. The van der Waals surface area contributed by atoms with Crippen LogP contribution in [0.5, 0.6) is 0 Å². The van der Waals surface area contributed by atoms with Crippen molar-refractivity contribution in [2.75, 3.05) is 6.61 Å². The molecule has 34 heavy (non-hydrogen) atoms. The number of nitrogens with two attached hydrogens (primary N) is 2. The number of rotatable bonds is 14. The number of hydrogen-bond acceptors (Lipinski definition) is 8. The number of aliphatic carboxylic acids is 2. The molecule has 4 amide bonds. The Hall–Kier alpha value is -4.04. The molecule has 1 rings (SSSR count). The van der Waals surface area contributed by atoms with Crippen LogP contribution in [0, 0.1) is 0 Å². The van der Waals surface area contributed by atoms with Crippen molar-refractivity contribution in [3.05, 3.63) is 35.9 Å². The van der Waals surface area contributed by atoms with Crippen molar-refractivity contribution in [3.63, 3.8) is 0 Å². The minimum Gasteiger partial charge on any atom is -0.481 e. The topological polar surface area (TPSA) is 251 Å². The van der Waals surface area contributed by atoms with Gasteiger partial charge in [0.05, 0.1) is 25.5 Å². The van der Waals surface area contributed by atoms with Crippen LogP contribution in [0.3, 0.4) is 0 Å². The Morgan fingerprint density at radius 2 is 1.32 bits per heavy atom. The summed E-state index contributed by atoms with van der Waals surface area (Å²) < 4.78 is 0. The van der Waals surface area contributed by atoms with Gasteiger partial charge in [0.25, 0.3) is 0 Å². The van der Waals surface area contributed by atoms with Gasteiger partial charge in [-0.2, -0.15) is 0 Å². The highest BCUT2D eigenvalue weighted by Crippen LogP contribution is 2.06. The SMILES string of the molecule is NC(=O)CC(N)C(=O)NC(CC(=O)O)C(=O)NC(Cc1ccccc1)C(=O)NC(CO)C(=O)O. The highest BCUT2D eigenvalue weighted by atomic mass is 16.4. The van der Waals surface area contributed by atoms with Crippen molar-refractivity contribution < 1.29 is 44.1 Å². The van der Waals surface area contributed by atoms with Gasteiger partial charge in [0.2, 0.25) is 23.6 Å². The molecular formula is C20H27N5O9. The van der Waals surface area contributed by atoms with Crippen LogP contribution in [-0.2, 0) is 35.2 Å². The molecule has 1 aromatic rings. The van der Waals surface area contributed by atoms with Crippen molar-refractivity contribution >= 4 is 35.6 Å². The Labute approximate surface area is 193 Å². The molecule has 0 heterocycles. The zero-order valence-corrected chi connectivity index (χ0v) is 18.0. The number of benzene rings is 1. The molecule has 14 nitrogen and oxygen atoms in total. The van der Waals surface area contributed by atoms with E-state index in [0.29, 0.717) is 5.56 Å². The van der Waals surface area contributed by atoms with Crippen LogP contribution in [0.15, 0.2) is 30.3 Å². The predicted octanol–water partition coefficient (Wildman–Crippen LogP) is -3.56. The van der Waals surface area contributed by atoms with E-state index in [1.807, 2.05) is 0 Å². The van der Waals surface area contributed by atoms with Crippen LogP contribution in [-0.4, -0.2) is 81.7 Å². The van der Waals surface area contributed by atoms with Crippen LogP contribution < -0.4 is 27.4 Å². The highest BCUT2D eigenvalue weighted by molar-refractivity contribution is 5.96. The summed E-state index contributed by atoms with van der Waals surface area (Å²) in [5, 5.41) is 33.8. The summed E-state index contributed by atoms with van der Waals surface area (Å²) in [5.74, 6) is -6.92. The molecule has 186 valence electrons. The van der Waals surface area contributed by atoms with Crippen molar-refractivity contribution in [3.8, 4) is 0 Å². The van der Waals surface area contributed by atoms with E-state index in [0.717, 1.165) is 0 Å². The van der Waals surface area contributed by atoms with Crippen LogP contribution in [0.25, 0.3) is 0 Å². The Morgan fingerprint density at radius 1 is 0.794 bits per heavy atom. The normalized spacial score (nSPS) is 14.1. The second-order valence-corrected chi connectivity index (χ2v) is 7.27. The Kier molecular flexibility index (Phi) is 11.1. The van der Waals surface area contributed by atoms with Crippen molar-refractivity contribution in [1.29, 1.82) is 0 Å². The first-order valence-electron chi connectivity index (χ1n) is 9.99.